The molecule has 7 nitrogen and oxygen atoms in total. The highest BCUT2D eigenvalue weighted by Gasteiger charge is 2.41. The zero-order valence-electron chi connectivity index (χ0n) is 18.4. The number of fused-ring (bicyclic) bond motifs is 3. The lowest BCUT2D eigenvalue weighted by Crippen LogP contribution is -2.51. The minimum atomic E-state index is -3.93. The highest BCUT2D eigenvalue weighted by atomic mass is 19.3. The van der Waals surface area contributed by atoms with Crippen molar-refractivity contribution < 1.29 is 33.0 Å². The van der Waals surface area contributed by atoms with Gasteiger partial charge in [0, 0.05) is 12.5 Å². The van der Waals surface area contributed by atoms with E-state index in [-0.39, 0.29) is 18.9 Å². The summed E-state index contributed by atoms with van der Waals surface area (Å²) in [5.41, 5.74) is 2.66. The van der Waals surface area contributed by atoms with Gasteiger partial charge in [-0.05, 0) is 35.6 Å². The Balaban J connectivity index is 1.54. The van der Waals surface area contributed by atoms with Crippen molar-refractivity contribution in [3.8, 4) is 11.1 Å². The summed E-state index contributed by atoms with van der Waals surface area (Å²) in [6, 6.07) is 15.4. The number of hydrogen-bond donors (Lipinski definition) is 3. The number of alkyl halides is 2. The highest BCUT2D eigenvalue weighted by molar-refractivity contribution is 5.85. The minimum absolute atomic E-state index is 0.0505. The van der Waals surface area contributed by atoms with Gasteiger partial charge in [-0.2, -0.15) is 8.78 Å². The summed E-state index contributed by atoms with van der Waals surface area (Å²) >= 11 is 0. The van der Waals surface area contributed by atoms with Crippen LogP contribution in [0.4, 0.5) is 13.6 Å². The summed E-state index contributed by atoms with van der Waals surface area (Å²) in [4.78, 5) is 35.2. The van der Waals surface area contributed by atoms with Crippen LogP contribution >= 0.6 is 0 Å². The fourth-order valence-corrected chi connectivity index (χ4v) is 3.67. The van der Waals surface area contributed by atoms with E-state index in [4.69, 9.17) is 4.74 Å². The van der Waals surface area contributed by atoms with Crippen LogP contribution in [-0.2, 0) is 14.3 Å². The molecule has 1 aliphatic carbocycles. The number of benzene rings is 2. The summed E-state index contributed by atoms with van der Waals surface area (Å²) in [6.45, 7) is 1.15. The van der Waals surface area contributed by atoms with Gasteiger partial charge in [-0.3, -0.25) is 9.59 Å². The summed E-state index contributed by atoms with van der Waals surface area (Å²) in [7, 11) is 0. The number of aliphatic carboxylic acids is 1. The van der Waals surface area contributed by atoms with E-state index in [1.807, 2.05) is 59.2 Å². The van der Waals surface area contributed by atoms with Crippen LogP contribution in [0.5, 0.6) is 0 Å². The van der Waals surface area contributed by atoms with Gasteiger partial charge >= 0.3 is 18.0 Å². The second-order valence-electron chi connectivity index (χ2n) is 8.29. The molecule has 0 heterocycles. The molecule has 9 heteroatoms. The molecule has 2 aromatic rings. The molecule has 1 atom stereocenters. The smallest absolute Gasteiger partial charge is 0.407 e. The number of halogens is 2. The Morgan fingerprint density at radius 1 is 0.970 bits per heavy atom. The fraction of sp³-hybridized carbons (Fsp3) is 0.375. The monoisotopic (exact) mass is 460 g/mol. The lowest BCUT2D eigenvalue weighted by atomic mass is 9.87. The van der Waals surface area contributed by atoms with Gasteiger partial charge in [0.1, 0.15) is 6.61 Å². The number of hydrogen-bond acceptors (Lipinski definition) is 4. The summed E-state index contributed by atoms with van der Waals surface area (Å²) in [5, 5.41) is 13.1. The van der Waals surface area contributed by atoms with E-state index in [2.05, 4.69) is 0 Å². The molecular weight excluding hydrogens is 434 g/mol. The maximum Gasteiger partial charge on any atom is 0.407 e. The van der Waals surface area contributed by atoms with Crippen molar-refractivity contribution in [2.45, 2.75) is 32.1 Å². The van der Waals surface area contributed by atoms with Gasteiger partial charge in [0.25, 0.3) is 5.91 Å². The van der Waals surface area contributed by atoms with E-state index < -0.39 is 42.4 Å². The van der Waals surface area contributed by atoms with Crippen LogP contribution in [0.15, 0.2) is 48.5 Å². The van der Waals surface area contributed by atoms with Crippen LogP contribution < -0.4 is 10.6 Å². The first-order valence-electron chi connectivity index (χ1n) is 10.6. The Kier molecular flexibility index (Phi) is 7.00. The van der Waals surface area contributed by atoms with Crippen molar-refractivity contribution >= 4 is 18.0 Å². The molecule has 3 N–H and O–H groups in total. The SMILES string of the molecule is CCC(C)(CNC(=O)C(F)(F)CNC(=O)OCC1c2ccccc2-c2ccccc21)C(=O)O. The predicted molar refractivity (Wildman–Crippen MR) is 117 cm³/mol. The Bertz CT molecular complexity index is 1010. The molecule has 2 aromatic carbocycles. The number of carboxylic acids is 1. The van der Waals surface area contributed by atoms with E-state index in [1.165, 1.54) is 6.92 Å². The molecule has 0 spiro atoms. The van der Waals surface area contributed by atoms with Gasteiger partial charge in [0.15, 0.2) is 0 Å². The molecule has 0 aliphatic heterocycles. The second-order valence-corrected chi connectivity index (χ2v) is 8.29. The molecule has 0 fully saturated rings. The van der Waals surface area contributed by atoms with Gasteiger partial charge in [-0.25, -0.2) is 4.79 Å². The molecule has 0 radical (unpaired) electrons. The minimum Gasteiger partial charge on any atom is -0.481 e. The van der Waals surface area contributed by atoms with E-state index in [1.54, 1.807) is 6.92 Å². The van der Waals surface area contributed by atoms with Crippen molar-refractivity contribution in [3.63, 3.8) is 0 Å². The molecule has 33 heavy (non-hydrogen) atoms. The predicted octanol–water partition coefficient (Wildman–Crippen LogP) is 3.78. The van der Waals surface area contributed by atoms with E-state index in [0.29, 0.717) is 0 Å². The normalized spacial score (nSPS) is 14.5. The summed E-state index contributed by atoms with van der Waals surface area (Å²) < 4.78 is 33.5. The number of carbonyl (C=O) groups excluding carboxylic acids is 2. The number of rotatable bonds is 9. The van der Waals surface area contributed by atoms with Crippen molar-refractivity contribution in [1.82, 2.24) is 10.6 Å². The molecule has 1 aliphatic rings. The molecule has 0 bridgehead atoms. The van der Waals surface area contributed by atoms with Crippen LogP contribution in [0.2, 0.25) is 0 Å². The number of amides is 2. The van der Waals surface area contributed by atoms with Crippen LogP contribution in [0.25, 0.3) is 11.1 Å². The Morgan fingerprint density at radius 3 is 2.03 bits per heavy atom. The van der Waals surface area contributed by atoms with Crippen LogP contribution in [0, 0.1) is 5.41 Å². The van der Waals surface area contributed by atoms with Crippen LogP contribution in [-0.4, -0.2) is 48.7 Å². The van der Waals surface area contributed by atoms with Crippen molar-refractivity contribution in [2.24, 2.45) is 5.41 Å². The molecule has 2 amide bonds. The molecule has 0 saturated carbocycles. The quantitative estimate of drug-likeness (QED) is 0.528. The lowest BCUT2D eigenvalue weighted by molar-refractivity contribution is -0.150. The van der Waals surface area contributed by atoms with Gasteiger partial charge < -0.3 is 20.5 Å². The third-order valence-electron chi connectivity index (χ3n) is 6.07. The van der Waals surface area contributed by atoms with Crippen molar-refractivity contribution in [2.75, 3.05) is 19.7 Å². The number of nitrogens with one attached hydrogen (secondary N) is 2. The topological polar surface area (TPSA) is 105 Å². The molecule has 1 unspecified atom stereocenters. The molecular formula is C24H26F2N2O5. The fourth-order valence-electron chi connectivity index (χ4n) is 3.67. The van der Waals surface area contributed by atoms with Crippen molar-refractivity contribution in [3.05, 3.63) is 59.7 Å². The lowest BCUT2D eigenvalue weighted by Gasteiger charge is -2.25. The zero-order valence-corrected chi connectivity index (χ0v) is 18.4. The van der Waals surface area contributed by atoms with Crippen molar-refractivity contribution in [1.29, 1.82) is 0 Å². The standard InChI is InChI=1S/C24H26F2N2O5/c1-3-23(2,21(30)31)13-27-20(29)24(25,26)14-28-22(32)33-12-19-17-10-6-4-8-15(17)16-9-5-7-11-18(16)19/h4-11,19H,3,12-14H2,1-2H3,(H,27,29)(H,28,32)(H,30,31). The van der Waals surface area contributed by atoms with Gasteiger partial charge in [-0.15, -0.1) is 0 Å². The first kappa shape index (κ1) is 24.2. The third kappa shape index (κ3) is 5.13. The van der Waals surface area contributed by atoms with Crippen LogP contribution in [0.3, 0.4) is 0 Å². The summed E-state index contributed by atoms with van der Waals surface area (Å²) in [6.07, 6.45) is -0.931. The van der Waals surface area contributed by atoms with Gasteiger partial charge in [0.2, 0.25) is 0 Å². The Hall–Kier alpha value is -3.49. The van der Waals surface area contributed by atoms with E-state index in [9.17, 15) is 28.3 Å². The molecule has 3 rings (SSSR count). The highest BCUT2D eigenvalue weighted by Crippen LogP contribution is 2.44. The Labute approximate surface area is 190 Å². The summed E-state index contributed by atoms with van der Waals surface area (Å²) in [5.74, 6) is -7.03. The van der Waals surface area contributed by atoms with Gasteiger partial charge in [-0.1, -0.05) is 55.5 Å². The average Bonchev–Trinajstić information content (AvgIpc) is 3.13. The Morgan fingerprint density at radius 2 is 1.52 bits per heavy atom. The van der Waals surface area contributed by atoms with E-state index in [0.717, 1.165) is 22.3 Å². The van der Waals surface area contributed by atoms with E-state index >= 15 is 0 Å². The molecule has 0 saturated heterocycles. The first-order valence-corrected chi connectivity index (χ1v) is 10.6. The second kappa shape index (κ2) is 9.56. The molecule has 0 aromatic heterocycles. The number of alkyl carbamates (subject to hydrolysis) is 1. The number of carbonyl (C=O) groups is 3. The number of ether oxygens (including phenoxy) is 1. The average molecular weight is 460 g/mol. The largest absolute Gasteiger partial charge is 0.481 e. The maximum atomic E-state index is 14.2. The number of carboxylic acid groups (broad SMARTS) is 1. The van der Waals surface area contributed by atoms with Gasteiger partial charge in [0.05, 0.1) is 12.0 Å². The molecule has 176 valence electrons. The maximum absolute atomic E-state index is 14.2. The van der Waals surface area contributed by atoms with Crippen LogP contribution in [0.1, 0.15) is 37.3 Å². The third-order valence-corrected chi connectivity index (χ3v) is 6.07. The zero-order chi connectivity index (χ0) is 24.2. The first-order chi connectivity index (χ1) is 15.6.